The van der Waals surface area contributed by atoms with Crippen molar-refractivity contribution in [2.75, 3.05) is 7.11 Å². The summed E-state index contributed by atoms with van der Waals surface area (Å²) in [6.45, 7) is 4.47. The minimum Gasteiger partial charge on any atom is -0.497 e. The zero-order chi connectivity index (χ0) is 18.0. The highest BCUT2D eigenvalue weighted by Gasteiger charge is 2.11. The van der Waals surface area contributed by atoms with Gasteiger partial charge in [0.25, 0.3) is 5.56 Å². The van der Waals surface area contributed by atoms with Crippen molar-refractivity contribution >= 4 is 11.6 Å². The molecule has 3 rings (SSSR count). The van der Waals surface area contributed by atoms with Gasteiger partial charge < -0.3 is 9.30 Å². The minimum absolute atomic E-state index is 0.163. The lowest BCUT2D eigenvalue weighted by atomic mass is 10.0. The SMILES string of the molecule is COc1ccc(Cn2cc(Cl)nc(-c3ccc(C)c(C)c3)c2=O)cc1. The fourth-order valence-electron chi connectivity index (χ4n) is 2.63. The molecule has 0 atom stereocenters. The van der Waals surface area contributed by atoms with E-state index < -0.39 is 0 Å². The van der Waals surface area contributed by atoms with E-state index in [1.165, 1.54) is 5.56 Å². The lowest BCUT2D eigenvalue weighted by Crippen LogP contribution is -2.23. The Morgan fingerprint density at radius 3 is 2.44 bits per heavy atom. The summed E-state index contributed by atoms with van der Waals surface area (Å²) in [6.07, 6.45) is 1.57. The second-order valence-electron chi connectivity index (χ2n) is 5.99. The summed E-state index contributed by atoms with van der Waals surface area (Å²) in [4.78, 5) is 17.1. The van der Waals surface area contributed by atoms with Crippen LogP contribution in [0.2, 0.25) is 5.15 Å². The summed E-state index contributed by atoms with van der Waals surface area (Å²) in [7, 11) is 1.62. The monoisotopic (exact) mass is 354 g/mol. The van der Waals surface area contributed by atoms with Gasteiger partial charge in [0.1, 0.15) is 16.6 Å². The number of ether oxygens (including phenoxy) is 1. The quantitative estimate of drug-likeness (QED) is 0.704. The number of hydrogen-bond donors (Lipinski definition) is 0. The van der Waals surface area contributed by atoms with Gasteiger partial charge in [0.05, 0.1) is 13.7 Å². The van der Waals surface area contributed by atoms with E-state index in [0.717, 1.165) is 22.4 Å². The van der Waals surface area contributed by atoms with E-state index in [9.17, 15) is 4.79 Å². The number of rotatable bonds is 4. The average Bonchev–Trinajstić information content (AvgIpc) is 2.61. The molecule has 0 unspecified atom stereocenters. The Kier molecular flexibility index (Phi) is 4.91. The van der Waals surface area contributed by atoms with Crippen molar-refractivity contribution in [2.45, 2.75) is 20.4 Å². The van der Waals surface area contributed by atoms with Crippen LogP contribution >= 0.6 is 11.6 Å². The molecule has 0 fully saturated rings. The highest BCUT2D eigenvalue weighted by molar-refractivity contribution is 6.29. The minimum atomic E-state index is -0.163. The molecule has 0 aliphatic rings. The maximum absolute atomic E-state index is 12.9. The Morgan fingerprint density at radius 2 is 1.80 bits per heavy atom. The van der Waals surface area contributed by atoms with Crippen molar-refractivity contribution < 1.29 is 4.74 Å². The molecule has 5 heteroatoms. The summed E-state index contributed by atoms with van der Waals surface area (Å²) >= 11 is 6.17. The van der Waals surface area contributed by atoms with Crippen molar-refractivity contribution in [3.63, 3.8) is 0 Å². The van der Waals surface area contributed by atoms with Crippen molar-refractivity contribution in [3.8, 4) is 17.0 Å². The lowest BCUT2D eigenvalue weighted by Gasteiger charge is -2.10. The van der Waals surface area contributed by atoms with Gasteiger partial charge in [-0.05, 0) is 48.7 Å². The Balaban J connectivity index is 2.01. The fraction of sp³-hybridized carbons (Fsp3) is 0.200. The van der Waals surface area contributed by atoms with Crippen LogP contribution in [0.1, 0.15) is 16.7 Å². The van der Waals surface area contributed by atoms with Crippen molar-refractivity contribution in [1.82, 2.24) is 9.55 Å². The first-order chi connectivity index (χ1) is 12.0. The summed E-state index contributed by atoms with van der Waals surface area (Å²) in [5.74, 6) is 0.777. The average molecular weight is 355 g/mol. The molecule has 0 saturated heterocycles. The smallest absolute Gasteiger partial charge is 0.277 e. The molecule has 128 valence electrons. The van der Waals surface area contributed by atoms with E-state index in [2.05, 4.69) is 4.98 Å². The third-order valence-electron chi connectivity index (χ3n) is 4.24. The largest absolute Gasteiger partial charge is 0.497 e. The molecule has 0 spiro atoms. The summed E-state index contributed by atoms with van der Waals surface area (Å²) in [5, 5.41) is 0.293. The van der Waals surface area contributed by atoms with Crippen LogP contribution in [0.3, 0.4) is 0 Å². The van der Waals surface area contributed by atoms with Crippen LogP contribution in [0.5, 0.6) is 5.75 Å². The normalized spacial score (nSPS) is 10.7. The Hall–Kier alpha value is -2.59. The van der Waals surface area contributed by atoms with Gasteiger partial charge in [0.15, 0.2) is 0 Å². The number of aryl methyl sites for hydroxylation is 2. The topological polar surface area (TPSA) is 44.1 Å². The zero-order valence-corrected chi connectivity index (χ0v) is 15.2. The van der Waals surface area contributed by atoms with Crippen LogP contribution in [0.15, 0.2) is 53.5 Å². The van der Waals surface area contributed by atoms with Crippen LogP contribution in [-0.4, -0.2) is 16.7 Å². The molecule has 0 bridgehead atoms. The Morgan fingerprint density at radius 1 is 1.08 bits per heavy atom. The fourth-order valence-corrected chi connectivity index (χ4v) is 2.83. The van der Waals surface area contributed by atoms with E-state index in [-0.39, 0.29) is 5.56 Å². The van der Waals surface area contributed by atoms with E-state index >= 15 is 0 Å². The highest BCUT2D eigenvalue weighted by Crippen LogP contribution is 2.20. The standard InChI is InChI=1S/C20H19ClN2O2/c1-13-4-7-16(10-14(13)2)19-20(24)23(12-18(21)22-19)11-15-5-8-17(25-3)9-6-15/h4-10,12H,11H2,1-3H3. The van der Waals surface area contributed by atoms with Gasteiger partial charge >= 0.3 is 0 Å². The molecule has 0 saturated carbocycles. The molecular formula is C20H19ClN2O2. The summed E-state index contributed by atoms with van der Waals surface area (Å²) in [5.41, 5.74) is 4.24. The van der Waals surface area contributed by atoms with Crippen molar-refractivity contribution in [2.24, 2.45) is 0 Å². The molecule has 0 amide bonds. The molecule has 2 aromatic carbocycles. The number of halogens is 1. The first-order valence-electron chi connectivity index (χ1n) is 7.95. The maximum atomic E-state index is 12.9. The van der Waals surface area contributed by atoms with E-state index in [0.29, 0.717) is 17.4 Å². The first kappa shape index (κ1) is 17.2. The Bertz CT molecular complexity index is 962. The van der Waals surface area contributed by atoms with Gasteiger partial charge in [0, 0.05) is 11.8 Å². The molecule has 0 radical (unpaired) electrons. The molecule has 25 heavy (non-hydrogen) atoms. The second-order valence-corrected chi connectivity index (χ2v) is 6.38. The predicted molar refractivity (Wildman–Crippen MR) is 101 cm³/mol. The van der Waals surface area contributed by atoms with Gasteiger partial charge in [-0.2, -0.15) is 0 Å². The van der Waals surface area contributed by atoms with E-state index in [4.69, 9.17) is 16.3 Å². The van der Waals surface area contributed by atoms with Gasteiger partial charge in [-0.25, -0.2) is 4.98 Å². The number of nitrogens with zero attached hydrogens (tertiary/aromatic N) is 2. The zero-order valence-electron chi connectivity index (χ0n) is 14.4. The van der Waals surface area contributed by atoms with Crippen LogP contribution < -0.4 is 10.3 Å². The van der Waals surface area contributed by atoms with Crippen LogP contribution in [0.4, 0.5) is 0 Å². The first-order valence-corrected chi connectivity index (χ1v) is 8.33. The number of hydrogen-bond acceptors (Lipinski definition) is 3. The van der Waals surface area contributed by atoms with E-state index in [1.807, 2.05) is 56.3 Å². The van der Waals surface area contributed by atoms with Crippen LogP contribution in [-0.2, 0) is 6.54 Å². The van der Waals surface area contributed by atoms with Gasteiger partial charge in [0.2, 0.25) is 0 Å². The summed E-state index contributed by atoms with van der Waals surface area (Å²) < 4.78 is 6.75. The molecule has 4 nitrogen and oxygen atoms in total. The van der Waals surface area contributed by atoms with Crippen molar-refractivity contribution in [3.05, 3.63) is 80.9 Å². The molecular weight excluding hydrogens is 336 g/mol. The second kappa shape index (κ2) is 7.11. The highest BCUT2D eigenvalue weighted by atomic mass is 35.5. The number of benzene rings is 2. The number of aromatic nitrogens is 2. The van der Waals surface area contributed by atoms with Crippen LogP contribution in [0, 0.1) is 13.8 Å². The third-order valence-corrected chi connectivity index (χ3v) is 4.42. The predicted octanol–water partition coefficient (Wildman–Crippen LogP) is 4.24. The van der Waals surface area contributed by atoms with Gasteiger partial charge in [-0.15, -0.1) is 0 Å². The third kappa shape index (κ3) is 3.74. The molecule has 0 aliphatic carbocycles. The molecule has 1 heterocycles. The molecule has 1 aromatic heterocycles. The summed E-state index contributed by atoms with van der Waals surface area (Å²) in [6, 6.07) is 13.4. The lowest BCUT2D eigenvalue weighted by molar-refractivity contribution is 0.414. The molecule has 0 aliphatic heterocycles. The maximum Gasteiger partial charge on any atom is 0.277 e. The van der Waals surface area contributed by atoms with Crippen LogP contribution in [0.25, 0.3) is 11.3 Å². The van der Waals surface area contributed by atoms with Gasteiger partial charge in [-0.3, -0.25) is 4.79 Å². The Labute approximate surface area is 151 Å². The number of methoxy groups -OCH3 is 1. The van der Waals surface area contributed by atoms with Gasteiger partial charge in [-0.1, -0.05) is 35.9 Å². The molecule has 3 aromatic rings. The van der Waals surface area contributed by atoms with E-state index in [1.54, 1.807) is 17.9 Å². The molecule has 0 N–H and O–H groups in total. The van der Waals surface area contributed by atoms with Crippen molar-refractivity contribution in [1.29, 1.82) is 0 Å².